The zero-order chi connectivity index (χ0) is 17.3. The summed E-state index contributed by atoms with van der Waals surface area (Å²) in [6.07, 6.45) is -0.693. The first-order valence-corrected chi connectivity index (χ1v) is 7.22. The summed E-state index contributed by atoms with van der Waals surface area (Å²) in [7, 11) is 0. The summed E-state index contributed by atoms with van der Waals surface area (Å²) in [4.78, 5) is 16.2. The molecule has 24 heavy (non-hydrogen) atoms. The largest absolute Gasteiger partial charge is 0.417 e. The molecule has 3 rings (SSSR count). The number of halogens is 3. The molecule has 7 heteroatoms. The van der Waals surface area contributed by atoms with Crippen molar-refractivity contribution in [3.05, 3.63) is 59.4 Å². The molecule has 122 valence electrons. The molecule has 1 aliphatic carbocycles. The number of hydrogen-bond acceptors (Lipinski definition) is 3. The number of nitrogens with zero attached hydrogens (tertiary/aromatic N) is 2. The van der Waals surface area contributed by atoms with E-state index in [2.05, 4.69) is 10.3 Å². The number of pyridine rings is 1. The molecule has 0 spiro atoms. The molecule has 0 radical (unpaired) electrons. The van der Waals surface area contributed by atoms with Crippen molar-refractivity contribution in [1.29, 1.82) is 5.26 Å². The molecule has 2 aromatic rings. The fourth-order valence-electron chi connectivity index (χ4n) is 2.64. The van der Waals surface area contributed by atoms with Crippen molar-refractivity contribution in [3.8, 4) is 6.07 Å². The number of carbonyl (C=O) groups excluding carboxylic acids is 1. The molecule has 1 N–H and O–H groups in total. The van der Waals surface area contributed by atoms with Gasteiger partial charge >= 0.3 is 6.18 Å². The van der Waals surface area contributed by atoms with Crippen LogP contribution in [-0.4, -0.2) is 10.9 Å². The van der Waals surface area contributed by atoms with Gasteiger partial charge in [-0.2, -0.15) is 18.4 Å². The van der Waals surface area contributed by atoms with Crippen LogP contribution in [0.15, 0.2) is 42.7 Å². The Kier molecular flexibility index (Phi) is 3.97. The van der Waals surface area contributed by atoms with Crippen LogP contribution in [0.5, 0.6) is 0 Å². The van der Waals surface area contributed by atoms with Gasteiger partial charge in [-0.05, 0) is 42.2 Å². The molecule has 1 saturated carbocycles. The number of rotatable bonds is 3. The summed E-state index contributed by atoms with van der Waals surface area (Å²) >= 11 is 0. The number of nitrogens with one attached hydrogen (secondary N) is 1. The Balaban J connectivity index is 1.73. The number of nitriles is 1. The summed E-state index contributed by atoms with van der Waals surface area (Å²) in [6, 6.07) is 8.30. The van der Waals surface area contributed by atoms with Crippen LogP contribution in [0, 0.1) is 17.2 Å². The maximum atomic E-state index is 12.9. The van der Waals surface area contributed by atoms with Crippen LogP contribution in [0.3, 0.4) is 0 Å². The lowest BCUT2D eigenvalue weighted by Crippen LogP contribution is -2.16. The maximum absolute atomic E-state index is 12.9. The van der Waals surface area contributed by atoms with E-state index in [1.807, 2.05) is 6.07 Å². The topological polar surface area (TPSA) is 65.8 Å². The van der Waals surface area contributed by atoms with Gasteiger partial charge in [0.25, 0.3) is 0 Å². The third-order valence-electron chi connectivity index (χ3n) is 3.95. The Morgan fingerprint density at radius 2 is 2.12 bits per heavy atom. The van der Waals surface area contributed by atoms with E-state index in [1.165, 1.54) is 12.1 Å². The molecular formula is C17H12F3N3O. The SMILES string of the molecule is N#Cc1ccc(NC(=O)C2CC2c2cccnc2)cc1C(F)(F)F. The molecule has 4 nitrogen and oxygen atoms in total. The second kappa shape index (κ2) is 5.96. The third kappa shape index (κ3) is 3.23. The van der Waals surface area contributed by atoms with Gasteiger partial charge < -0.3 is 5.32 Å². The predicted molar refractivity (Wildman–Crippen MR) is 79.9 cm³/mol. The van der Waals surface area contributed by atoms with Crippen LogP contribution in [0.4, 0.5) is 18.9 Å². The van der Waals surface area contributed by atoms with Gasteiger partial charge in [0, 0.05) is 24.0 Å². The summed E-state index contributed by atoms with van der Waals surface area (Å²) in [6.45, 7) is 0. The van der Waals surface area contributed by atoms with E-state index in [-0.39, 0.29) is 23.4 Å². The van der Waals surface area contributed by atoms with Crippen molar-refractivity contribution in [1.82, 2.24) is 4.98 Å². The minimum atomic E-state index is -4.65. The average Bonchev–Trinajstić information content (AvgIpc) is 3.35. The van der Waals surface area contributed by atoms with Gasteiger partial charge in [0.2, 0.25) is 5.91 Å². The first kappa shape index (κ1) is 16.0. The van der Waals surface area contributed by atoms with E-state index in [1.54, 1.807) is 18.5 Å². The van der Waals surface area contributed by atoms with Crippen molar-refractivity contribution in [2.24, 2.45) is 5.92 Å². The van der Waals surface area contributed by atoms with E-state index in [9.17, 15) is 18.0 Å². The van der Waals surface area contributed by atoms with Crippen LogP contribution < -0.4 is 5.32 Å². The van der Waals surface area contributed by atoms with Gasteiger partial charge in [0.15, 0.2) is 0 Å². The molecule has 1 amide bonds. The number of alkyl halides is 3. The Morgan fingerprint density at radius 3 is 2.75 bits per heavy atom. The minimum absolute atomic E-state index is 0.0307. The van der Waals surface area contributed by atoms with E-state index in [4.69, 9.17) is 5.26 Å². The van der Waals surface area contributed by atoms with Gasteiger partial charge in [-0.15, -0.1) is 0 Å². The molecule has 2 unspecified atom stereocenters. The second-order valence-electron chi connectivity index (χ2n) is 5.59. The zero-order valence-corrected chi connectivity index (χ0v) is 12.3. The fraction of sp³-hybridized carbons (Fsp3) is 0.235. The molecule has 2 atom stereocenters. The van der Waals surface area contributed by atoms with Crippen molar-refractivity contribution in [2.45, 2.75) is 18.5 Å². The lowest BCUT2D eigenvalue weighted by molar-refractivity contribution is -0.137. The standard InChI is InChI=1S/C17H12F3N3O/c18-17(19,20)15-6-12(4-3-10(15)8-21)23-16(24)14-7-13(14)11-2-1-5-22-9-11/h1-6,9,13-14H,7H2,(H,23,24). The van der Waals surface area contributed by atoms with Crippen molar-refractivity contribution < 1.29 is 18.0 Å². The van der Waals surface area contributed by atoms with E-state index >= 15 is 0 Å². The van der Waals surface area contributed by atoms with Gasteiger partial charge in [0.1, 0.15) is 0 Å². The number of anilines is 1. The number of hydrogen-bond donors (Lipinski definition) is 1. The summed E-state index contributed by atoms with van der Waals surface area (Å²) < 4.78 is 38.8. The Hall–Kier alpha value is -2.88. The first-order valence-electron chi connectivity index (χ1n) is 7.22. The Labute approximate surface area is 135 Å². The van der Waals surface area contributed by atoms with E-state index in [0.717, 1.165) is 17.7 Å². The van der Waals surface area contributed by atoms with Crippen molar-refractivity contribution >= 4 is 11.6 Å². The third-order valence-corrected chi connectivity index (χ3v) is 3.95. The molecule has 1 aliphatic rings. The Bertz CT molecular complexity index is 812. The molecule has 1 aromatic carbocycles. The highest BCUT2D eigenvalue weighted by Gasteiger charge is 2.44. The van der Waals surface area contributed by atoms with Crippen LogP contribution in [0.25, 0.3) is 0 Å². The first-order chi connectivity index (χ1) is 11.4. The van der Waals surface area contributed by atoms with Gasteiger partial charge in [-0.25, -0.2) is 0 Å². The zero-order valence-electron chi connectivity index (χ0n) is 12.3. The average molecular weight is 331 g/mol. The van der Waals surface area contributed by atoms with Crippen LogP contribution in [0.2, 0.25) is 0 Å². The highest BCUT2D eigenvalue weighted by atomic mass is 19.4. The van der Waals surface area contributed by atoms with Crippen LogP contribution in [-0.2, 0) is 11.0 Å². The summed E-state index contributed by atoms with van der Waals surface area (Å²) in [5.74, 6) is -0.569. The summed E-state index contributed by atoms with van der Waals surface area (Å²) in [5, 5.41) is 11.3. The van der Waals surface area contributed by atoms with E-state index < -0.39 is 17.3 Å². The van der Waals surface area contributed by atoms with Crippen LogP contribution in [0.1, 0.15) is 29.0 Å². The highest BCUT2D eigenvalue weighted by Crippen LogP contribution is 2.47. The normalized spacial score (nSPS) is 19.4. The number of aromatic nitrogens is 1. The lowest BCUT2D eigenvalue weighted by Gasteiger charge is -2.11. The number of carbonyl (C=O) groups is 1. The minimum Gasteiger partial charge on any atom is -0.326 e. The molecule has 0 bridgehead atoms. The maximum Gasteiger partial charge on any atom is 0.417 e. The van der Waals surface area contributed by atoms with Gasteiger partial charge in [-0.1, -0.05) is 6.07 Å². The van der Waals surface area contributed by atoms with Crippen molar-refractivity contribution in [3.63, 3.8) is 0 Å². The molecular weight excluding hydrogens is 319 g/mol. The summed E-state index contributed by atoms with van der Waals surface area (Å²) in [5.41, 5.74) is -0.556. The monoisotopic (exact) mass is 331 g/mol. The molecule has 0 saturated heterocycles. The molecule has 0 aliphatic heterocycles. The van der Waals surface area contributed by atoms with Gasteiger partial charge in [0.05, 0.1) is 17.2 Å². The quantitative estimate of drug-likeness (QED) is 0.932. The van der Waals surface area contributed by atoms with E-state index in [0.29, 0.717) is 6.42 Å². The second-order valence-corrected chi connectivity index (χ2v) is 5.59. The van der Waals surface area contributed by atoms with Crippen molar-refractivity contribution in [2.75, 3.05) is 5.32 Å². The molecule has 1 heterocycles. The fourth-order valence-corrected chi connectivity index (χ4v) is 2.64. The number of benzene rings is 1. The number of amides is 1. The van der Waals surface area contributed by atoms with Gasteiger partial charge in [-0.3, -0.25) is 9.78 Å². The predicted octanol–water partition coefficient (Wildman–Crippen LogP) is 3.71. The van der Waals surface area contributed by atoms with Crippen LogP contribution >= 0.6 is 0 Å². The molecule has 1 fully saturated rings. The molecule has 1 aromatic heterocycles. The lowest BCUT2D eigenvalue weighted by atomic mass is 10.1. The smallest absolute Gasteiger partial charge is 0.326 e. The highest BCUT2D eigenvalue weighted by molar-refractivity contribution is 5.95. The Morgan fingerprint density at radius 1 is 1.33 bits per heavy atom.